The van der Waals surface area contributed by atoms with Gasteiger partial charge in [-0.05, 0) is 13.8 Å². The highest BCUT2D eigenvalue weighted by atomic mass is 16.3. The van der Waals surface area contributed by atoms with Crippen molar-refractivity contribution in [1.82, 2.24) is 0 Å². The zero-order chi connectivity index (χ0) is 9.56. The molecule has 4 heteroatoms. The van der Waals surface area contributed by atoms with Gasteiger partial charge in [0.05, 0.1) is 6.61 Å². The van der Waals surface area contributed by atoms with Crippen LogP contribution in [0.4, 0.5) is 0 Å². The van der Waals surface area contributed by atoms with E-state index in [0.29, 0.717) is 19.6 Å². The first-order valence-corrected chi connectivity index (χ1v) is 4.36. The summed E-state index contributed by atoms with van der Waals surface area (Å²) in [6, 6.07) is 0. The van der Waals surface area contributed by atoms with Crippen LogP contribution in [0, 0.1) is 0 Å². The van der Waals surface area contributed by atoms with Gasteiger partial charge in [-0.15, -0.1) is 0 Å². The average molecular weight is 178 g/mol. The van der Waals surface area contributed by atoms with E-state index in [1.165, 1.54) is 0 Å². The van der Waals surface area contributed by atoms with E-state index in [0.717, 1.165) is 4.90 Å². The molecule has 0 aliphatic rings. The van der Waals surface area contributed by atoms with Crippen molar-refractivity contribution in [2.45, 2.75) is 26.1 Å². The fourth-order valence-electron chi connectivity index (χ4n) is 1.28. The second-order valence-electron chi connectivity index (χ2n) is 3.33. The first-order chi connectivity index (χ1) is 5.56. The lowest BCUT2D eigenvalue weighted by molar-refractivity contribution is -0.906. The fraction of sp³-hybridized carbons (Fsp3) is 1.00. The van der Waals surface area contributed by atoms with Crippen LogP contribution >= 0.6 is 0 Å². The van der Waals surface area contributed by atoms with Crippen LogP contribution in [0.3, 0.4) is 0 Å². The zero-order valence-corrected chi connectivity index (χ0v) is 7.82. The molecule has 0 saturated heterocycles. The lowest BCUT2D eigenvalue weighted by Crippen LogP contribution is -3.14. The van der Waals surface area contributed by atoms with E-state index in [1.54, 1.807) is 13.8 Å². The lowest BCUT2D eigenvalue weighted by atomic mass is 10.3. The molecule has 0 spiro atoms. The van der Waals surface area contributed by atoms with Crippen molar-refractivity contribution in [3.05, 3.63) is 0 Å². The largest absolute Gasteiger partial charge is 0.391 e. The monoisotopic (exact) mass is 178 g/mol. The van der Waals surface area contributed by atoms with Crippen molar-refractivity contribution in [1.29, 1.82) is 0 Å². The highest BCUT2D eigenvalue weighted by Gasteiger charge is 2.13. The molecule has 0 bridgehead atoms. The Bertz CT molecular complexity index is 96.5. The van der Waals surface area contributed by atoms with E-state index >= 15 is 0 Å². The summed E-state index contributed by atoms with van der Waals surface area (Å²) >= 11 is 0. The normalized spacial score (nSPS) is 18.8. The highest BCUT2D eigenvalue weighted by molar-refractivity contribution is 4.44. The number of quaternary nitrogens is 1. The molecule has 12 heavy (non-hydrogen) atoms. The molecular weight excluding hydrogens is 158 g/mol. The maximum atomic E-state index is 9.08. The van der Waals surface area contributed by atoms with E-state index in [1.807, 2.05) is 0 Å². The van der Waals surface area contributed by atoms with E-state index in [2.05, 4.69) is 0 Å². The van der Waals surface area contributed by atoms with Gasteiger partial charge in [-0.3, -0.25) is 0 Å². The molecule has 0 saturated carbocycles. The van der Waals surface area contributed by atoms with Gasteiger partial charge in [-0.25, -0.2) is 0 Å². The minimum Gasteiger partial charge on any atom is -0.391 e. The van der Waals surface area contributed by atoms with Crippen molar-refractivity contribution in [2.75, 3.05) is 26.2 Å². The van der Waals surface area contributed by atoms with Crippen LogP contribution in [0.5, 0.6) is 0 Å². The molecular formula is C8H20NO3+. The van der Waals surface area contributed by atoms with Gasteiger partial charge < -0.3 is 20.2 Å². The summed E-state index contributed by atoms with van der Waals surface area (Å²) in [6.07, 6.45) is -0.768. The minimum atomic E-state index is -0.384. The van der Waals surface area contributed by atoms with Gasteiger partial charge in [0.2, 0.25) is 0 Å². The third kappa shape index (κ3) is 6.54. The molecule has 0 aromatic heterocycles. The Morgan fingerprint density at radius 3 is 1.75 bits per heavy atom. The summed E-state index contributed by atoms with van der Waals surface area (Å²) in [6.45, 7) is 5.24. The van der Waals surface area contributed by atoms with Crippen LogP contribution in [0.25, 0.3) is 0 Å². The van der Waals surface area contributed by atoms with Gasteiger partial charge in [0, 0.05) is 0 Å². The number of rotatable bonds is 6. The maximum absolute atomic E-state index is 9.08. The first-order valence-electron chi connectivity index (χ1n) is 4.36. The summed E-state index contributed by atoms with van der Waals surface area (Å²) < 4.78 is 0. The van der Waals surface area contributed by atoms with Crippen molar-refractivity contribution in [3.63, 3.8) is 0 Å². The molecule has 0 aromatic carbocycles. The second kappa shape index (κ2) is 6.37. The van der Waals surface area contributed by atoms with Gasteiger partial charge in [0.15, 0.2) is 0 Å². The molecule has 0 aliphatic carbocycles. The maximum Gasteiger partial charge on any atom is 0.103 e. The number of hydrogen-bond acceptors (Lipinski definition) is 3. The molecule has 0 aromatic rings. The molecule has 0 fully saturated rings. The van der Waals surface area contributed by atoms with Crippen LogP contribution in [0.1, 0.15) is 13.8 Å². The molecule has 0 amide bonds. The predicted molar refractivity (Wildman–Crippen MR) is 46.0 cm³/mol. The van der Waals surface area contributed by atoms with Crippen molar-refractivity contribution < 1.29 is 20.2 Å². The Morgan fingerprint density at radius 1 is 1.08 bits per heavy atom. The summed E-state index contributed by atoms with van der Waals surface area (Å²) in [7, 11) is 0. The molecule has 4 N–H and O–H groups in total. The SMILES string of the molecule is C[C@H](O)C[NH+](CCO)C[C@@H](C)O. The van der Waals surface area contributed by atoms with Crippen LogP contribution in [-0.4, -0.2) is 53.8 Å². The van der Waals surface area contributed by atoms with Gasteiger partial charge in [-0.2, -0.15) is 0 Å². The summed E-state index contributed by atoms with van der Waals surface area (Å²) in [5.74, 6) is 0. The molecule has 74 valence electrons. The predicted octanol–water partition coefficient (Wildman–Crippen LogP) is -2.37. The average Bonchev–Trinajstić information content (AvgIpc) is 1.84. The van der Waals surface area contributed by atoms with E-state index in [9.17, 15) is 0 Å². The first kappa shape index (κ1) is 11.8. The molecule has 0 heterocycles. The van der Waals surface area contributed by atoms with Crippen molar-refractivity contribution in [3.8, 4) is 0 Å². The smallest absolute Gasteiger partial charge is 0.103 e. The lowest BCUT2D eigenvalue weighted by Gasteiger charge is -2.20. The number of aliphatic hydroxyl groups excluding tert-OH is 3. The Balaban J connectivity index is 3.69. The molecule has 1 unspecified atom stereocenters. The quantitative estimate of drug-likeness (QED) is 0.367. The number of aliphatic hydroxyl groups is 3. The van der Waals surface area contributed by atoms with Crippen LogP contribution in [-0.2, 0) is 0 Å². The van der Waals surface area contributed by atoms with Crippen LogP contribution in [0.2, 0.25) is 0 Å². The van der Waals surface area contributed by atoms with Gasteiger partial charge in [0.25, 0.3) is 0 Å². The number of hydrogen-bond donors (Lipinski definition) is 4. The molecule has 0 rings (SSSR count). The summed E-state index contributed by atoms with van der Waals surface area (Å²) in [5.41, 5.74) is 0. The standard InChI is InChI=1S/C8H19NO3/c1-7(11)5-9(3-4-10)6-8(2)12/h7-8,10-12H,3-6H2,1-2H3/p+1/t7-,8+. The Kier molecular flexibility index (Phi) is 6.28. The van der Waals surface area contributed by atoms with E-state index < -0.39 is 0 Å². The third-order valence-electron chi connectivity index (χ3n) is 1.63. The fourth-order valence-corrected chi connectivity index (χ4v) is 1.28. The topological polar surface area (TPSA) is 65.1 Å². The number of nitrogens with one attached hydrogen (secondary N) is 1. The van der Waals surface area contributed by atoms with E-state index in [-0.39, 0.29) is 18.8 Å². The van der Waals surface area contributed by atoms with Gasteiger partial charge >= 0.3 is 0 Å². The van der Waals surface area contributed by atoms with Gasteiger partial charge in [0.1, 0.15) is 31.8 Å². The van der Waals surface area contributed by atoms with Crippen LogP contribution in [0.15, 0.2) is 0 Å². The highest BCUT2D eigenvalue weighted by Crippen LogP contribution is 1.74. The summed E-state index contributed by atoms with van der Waals surface area (Å²) in [5, 5.41) is 26.8. The zero-order valence-electron chi connectivity index (χ0n) is 7.82. The molecule has 0 radical (unpaired) electrons. The molecule has 0 aliphatic heterocycles. The Hall–Kier alpha value is -0.160. The third-order valence-corrected chi connectivity index (χ3v) is 1.63. The second-order valence-corrected chi connectivity index (χ2v) is 3.33. The Labute approximate surface area is 73.4 Å². The Morgan fingerprint density at radius 2 is 1.50 bits per heavy atom. The molecule has 3 atom stereocenters. The van der Waals surface area contributed by atoms with Crippen molar-refractivity contribution in [2.24, 2.45) is 0 Å². The van der Waals surface area contributed by atoms with Gasteiger partial charge in [-0.1, -0.05) is 0 Å². The van der Waals surface area contributed by atoms with E-state index in [4.69, 9.17) is 15.3 Å². The summed E-state index contributed by atoms with van der Waals surface area (Å²) in [4.78, 5) is 1.03. The minimum absolute atomic E-state index is 0.0920. The molecule has 4 nitrogen and oxygen atoms in total. The van der Waals surface area contributed by atoms with Crippen molar-refractivity contribution >= 4 is 0 Å². The van der Waals surface area contributed by atoms with Crippen LogP contribution < -0.4 is 4.90 Å².